The minimum atomic E-state index is -3.76. The van der Waals surface area contributed by atoms with E-state index in [2.05, 4.69) is 5.32 Å². The minimum absolute atomic E-state index is 0.135. The molecule has 29 heavy (non-hydrogen) atoms. The van der Waals surface area contributed by atoms with Crippen LogP contribution in [0.25, 0.3) is 0 Å². The Hall–Kier alpha value is -2.58. The van der Waals surface area contributed by atoms with Gasteiger partial charge in [0.05, 0.1) is 20.1 Å². The van der Waals surface area contributed by atoms with Crippen LogP contribution in [0.1, 0.15) is 18.4 Å². The molecule has 0 bridgehead atoms. The van der Waals surface area contributed by atoms with Gasteiger partial charge in [-0.25, -0.2) is 8.42 Å². The molecule has 0 saturated carbocycles. The molecular weight excluding hydrogens is 392 g/mol. The smallest absolute Gasteiger partial charge is 0.246 e. The molecule has 156 valence electrons. The van der Waals surface area contributed by atoms with E-state index in [0.717, 1.165) is 5.56 Å². The molecule has 1 heterocycles. The predicted octanol–water partition coefficient (Wildman–Crippen LogP) is 3.05. The van der Waals surface area contributed by atoms with Crippen molar-refractivity contribution in [2.45, 2.75) is 24.7 Å². The third kappa shape index (κ3) is 4.71. The van der Waals surface area contributed by atoms with E-state index in [1.54, 1.807) is 49.6 Å². The number of anilines is 1. The number of piperidine rings is 1. The van der Waals surface area contributed by atoms with Crippen molar-refractivity contribution < 1.29 is 22.7 Å². The quantitative estimate of drug-likeness (QED) is 0.779. The fourth-order valence-corrected chi connectivity index (χ4v) is 5.18. The molecule has 7 nitrogen and oxygen atoms in total. The van der Waals surface area contributed by atoms with Gasteiger partial charge in [-0.2, -0.15) is 4.31 Å². The lowest BCUT2D eigenvalue weighted by Crippen LogP contribution is -2.43. The zero-order valence-electron chi connectivity index (χ0n) is 16.8. The minimum Gasteiger partial charge on any atom is -0.497 e. The summed E-state index contributed by atoms with van der Waals surface area (Å²) in [5.74, 6) is 0.396. The van der Waals surface area contributed by atoms with Crippen LogP contribution in [-0.4, -0.2) is 45.9 Å². The van der Waals surface area contributed by atoms with Crippen molar-refractivity contribution >= 4 is 21.6 Å². The third-order valence-electron chi connectivity index (χ3n) is 5.05. The summed E-state index contributed by atoms with van der Waals surface area (Å²) in [6.45, 7) is 2.35. The Balaban J connectivity index is 1.75. The van der Waals surface area contributed by atoms with Crippen LogP contribution in [0.2, 0.25) is 0 Å². The highest BCUT2D eigenvalue weighted by Gasteiger charge is 2.35. The lowest BCUT2D eigenvalue weighted by atomic mass is 9.99. The molecule has 0 spiro atoms. The fraction of sp³-hybridized carbons (Fsp3) is 0.381. The average molecular weight is 419 g/mol. The Labute approximate surface area is 171 Å². The van der Waals surface area contributed by atoms with Crippen molar-refractivity contribution in [3.8, 4) is 11.5 Å². The molecule has 1 atom stereocenters. The first-order valence-electron chi connectivity index (χ1n) is 9.45. The number of aryl methyl sites for hydroxylation is 1. The number of nitrogens with one attached hydrogen (secondary N) is 1. The Morgan fingerprint density at radius 2 is 1.83 bits per heavy atom. The van der Waals surface area contributed by atoms with E-state index in [1.807, 2.05) is 6.92 Å². The topological polar surface area (TPSA) is 84.9 Å². The summed E-state index contributed by atoms with van der Waals surface area (Å²) in [4.78, 5) is 12.9. The van der Waals surface area contributed by atoms with Gasteiger partial charge in [-0.15, -0.1) is 0 Å². The molecule has 0 aliphatic carbocycles. The van der Waals surface area contributed by atoms with E-state index in [9.17, 15) is 13.2 Å². The second-order valence-electron chi connectivity index (χ2n) is 7.07. The molecule has 1 amide bonds. The van der Waals surface area contributed by atoms with Gasteiger partial charge in [0.25, 0.3) is 0 Å². The van der Waals surface area contributed by atoms with Crippen molar-refractivity contribution in [1.82, 2.24) is 4.31 Å². The zero-order valence-corrected chi connectivity index (χ0v) is 17.7. The molecule has 1 fully saturated rings. The normalized spacial score (nSPS) is 17.6. The standard InChI is InChI=1S/C21H26N2O5S/c1-15-6-11-19(28-3)20(13-15)29(25,26)23-12-4-5-16(14-23)21(24)22-17-7-9-18(27-2)10-8-17/h6-11,13,16H,4-5,12,14H2,1-3H3,(H,22,24)/t16-/m0/s1. The van der Waals surface area contributed by atoms with Crippen LogP contribution in [0.5, 0.6) is 11.5 Å². The third-order valence-corrected chi connectivity index (χ3v) is 6.94. The molecule has 2 aromatic carbocycles. The number of amides is 1. The maximum Gasteiger partial charge on any atom is 0.246 e. The molecule has 0 aromatic heterocycles. The number of rotatable bonds is 6. The van der Waals surface area contributed by atoms with Gasteiger partial charge in [0, 0.05) is 18.8 Å². The number of hydrogen-bond acceptors (Lipinski definition) is 5. The first-order chi connectivity index (χ1) is 13.8. The summed E-state index contributed by atoms with van der Waals surface area (Å²) in [7, 11) is -0.737. The van der Waals surface area contributed by atoms with Crippen LogP contribution in [0.4, 0.5) is 5.69 Å². The largest absolute Gasteiger partial charge is 0.497 e. The van der Waals surface area contributed by atoms with Crippen LogP contribution < -0.4 is 14.8 Å². The maximum atomic E-state index is 13.2. The van der Waals surface area contributed by atoms with Gasteiger partial charge >= 0.3 is 0 Å². The van der Waals surface area contributed by atoms with E-state index in [-0.39, 0.29) is 17.3 Å². The highest BCUT2D eigenvalue weighted by molar-refractivity contribution is 7.89. The van der Waals surface area contributed by atoms with Crippen molar-refractivity contribution in [2.75, 3.05) is 32.6 Å². The van der Waals surface area contributed by atoms with Crippen molar-refractivity contribution in [1.29, 1.82) is 0 Å². The second-order valence-corrected chi connectivity index (χ2v) is 8.98. The van der Waals surface area contributed by atoms with Gasteiger partial charge in [-0.1, -0.05) is 6.07 Å². The first-order valence-corrected chi connectivity index (χ1v) is 10.9. The van der Waals surface area contributed by atoms with E-state index < -0.39 is 15.9 Å². The van der Waals surface area contributed by atoms with Crippen LogP contribution in [0.3, 0.4) is 0 Å². The predicted molar refractivity (Wildman–Crippen MR) is 111 cm³/mol. The van der Waals surface area contributed by atoms with Crippen LogP contribution in [-0.2, 0) is 14.8 Å². The van der Waals surface area contributed by atoms with E-state index in [1.165, 1.54) is 11.4 Å². The van der Waals surface area contributed by atoms with Crippen molar-refractivity contribution in [2.24, 2.45) is 5.92 Å². The summed E-state index contributed by atoms with van der Waals surface area (Å²) in [6.07, 6.45) is 1.26. The number of methoxy groups -OCH3 is 2. The molecule has 2 aromatic rings. The van der Waals surface area contributed by atoms with Gasteiger partial charge in [0.2, 0.25) is 15.9 Å². The van der Waals surface area contributed by atoms with Crippen molar-refractivity contribution in [3.05, 3.63) is 48.0 Å². The summed E-state index contributed by atoms with van der Waals surface area (Å²) < 4.78 is 38.2. The Kier molecular flexibility index (Phi) is 6.44. The summed E-state index contributed by atoms with van der Waals surface area (Å²) in [5, 5.41) is 2.87. The number of carbonyl (C=O) groups excluding carboxylic acids is 1. The summed E-state index contributed by atoms with van der Waals surface area (Å²) >= 11 is 0. The Morgan fingerprint density at radius 3 is 2.48 bits per heavy atom. The molecule has 0 unspecified atom stereocenters. The van der Waals surface area contributed by atoms with Gasteiger partial charge in [0.1, 0.15) is 16.4 Å². The lowest BCUT2D eigenvalue weighted by Gasteiger charge is -2.31. The number of carbonyl (C=O) groups is 1. The van der Waals surface area contributed by atoms with Crippen LogP contribution in [0.15, 0.2) is 47.4 Å². The van der Waals surface area contributed by atoms with Gasteiger partial charge in [-0.05, 0) is 61.7 Å². The number of benzene rings is 2. The van der Waals surface area contributed by atoms with Gasteiger partial charge < -0.3 is 14.8 Å². The number of ether oxygens (including phenoxy) is 2. The average Bonchev–Trinajstić information content (AvgIpc) is 2.74. The monoisotopic (exact) mass is 418 g/mol. The highest BCUT2D eigenvalue weighted by Crippen LogP contribution is 2.31. The number of nitrogens with zero attached hydrogens (tertiary/aromatic N) is 1. The van der Waals surface area contributed by atoms with Crippen LogP contribution >= 0.6 is 0 Å². The lowest BCUT2D eigenvalue weighted by molar-refractivity contribution is -0.120. The zero-order chi connectivity index (χ0) is 21.0. The van der Waals surface area contributed by atoms with E-state index in [0.29, 0.717) is 36.6 Å². The van der Waals surface area contributed by atoms with Gasteiger partial charge in [-0.3, -0.25) is 4.79 Å². The number of hydrogen-bond donors (Lipinski definition) is 1. The SMILES string of the molecule is COc1ccc(NC(=O)[C@H]2CCCN(S(=O)(=O)c3cc(C)ccc3OC)C2)cc1. The molecule has 0 radical (unpaired) electrons. The first kappa shape index (κ1) is 21.1. The highest BCUT2D eigenvalue weighted by atomic mass is 32.2. The molecule has 1 aliphatic rings. The van der Waals surface area contributed by atoms with Gasteiger partial charge in [0.15, 0.2) is 0 Å². The molecular formula is C21H26N2O5S. The Bertz CT molecular complexity index is 973. The molecule has 8 heteroatoms. The molecule has 1 saturated heterocycles. The van der Waals surface area contributed by atoms with Crippen molar-refractivity contribution in [3.63, 3.8) is 0 Å². The molecule has 1 N–H and O–H groups in total. The molecule has 3 rings (SSSR count). The maximum absolute atomic E-state index is 13.2. The molecule has 1 aliphatic heterocycles. The fourth-order valence-electron chi connectivity index (χ4n) is 3.42. The second kappa shape index (κ2) is 8.84. The summed E-state index contributed by atoms with van der Waals surface area (Å²) in [5.41, 5.74) is 1.48. The number of sulfonamides is 1. The summed E-state index contributed by atoms with van der Waals surface area (Å²) in [6, 6.07) is 12.1. The van der Waals surface area contributed by atoms with E-state index >= 15 is 0 Å². The van der Waals surface area contributed by atoms with Crippen LogP contribution in [0, 0.1) is 12.8 Å². The Morgan fingerprint density at radius 1 is 1.10 bits per heavy atom. The van der Waals surface area contributed by atoms with E-state index in [4.69, 9.17) is 9.47 Å².